The maximum absolute atomic E-state index is 14.3. The van der Waals surface area contributed by atoms with Crippen molar-refractivity contribution in [3.8, 4) is 22.6 Å². The largest absolute Gasteiger partial charge is 0.489 e. The predicted octanol–water partition coefficient (Wildman–Crippen LogP) is 3.77. The van der Waals surface area contributed by atoms with E-state index in [1.807, 2.05) is 0 Å². The Kier molecular flexibility index (Phi) is 6.16. The molecule has 0 aliphatic carbocycles. The average molecular weight is 362 g/mol. The molecule has 0 bridgehead atoms. The molecule has 0 aliphatic rings. The normalized spacial score (nSPS) is 10.3. The summed E-state index contributed by atoms with van der Waals surface area (Å²) in [6, 6.07) is 6.89. The maximum Gasteiger partial charge on any atom is 0.340 e. The molecule has 0 radical (unpaired) electrons. The van der Waals surface area contributed by atoms with E-state index >= 15 is 0 Å². The Morgan fingerprint density at radius 2 is 1.62 bits per heavy atom. The van der Waals surface area contributed by atoms with Gasteiger partial charge in [0.2, 0.25) is 0 Å². The van der Waals surface area contributed by atoms with E-state index < -0.39 is 17.8 Å². The zero-order valence-corrected chi connectivity index (χ0v) is 14.7. The van der Waals surface area contributed by atoms with Gasteiger partial charge in [0, 0.05) is 5.56 Å². The Hall–Kier alpha value is -3.09. The molecule has 7 heteroatoms. The van der Waals surface area contributed by atoms with Crippen molar-refractivity contribution in [1.29, 1.82) is 0 Å². The van der Waals surface area contributed by atoms with E-state index in [1.165, 1.54) is 37.4 Å². The molecule has 2 rings (SSSR count). The Labute approximate surface area is 150 Å². The van der Waals surface area contributed by atoms with Crippen molar-refractivity contribution in [2.75, 3.05) is 20.3 Å². The topological polar surface area (TPSA) is 82.1 Å². The summed E-state index contributed by atoms with van der Waals surface area (Å²) >= 11 is 0. The number of aromatic carboxylic acids is 1. The van der Waals surface area contributed by atoms with Crippen LogP contribution >= 0.6 is 0 Å². The Bertz CT molecular complexity index is 831. The van der Waals surface area contributed by atoms with E-state index in [9.17, 15) is 19.1 Å². The summed E-state index contributed by atoms with van der Waals surface area (Å²) in [7, 11) is 1.17. The summed E-state index contributed by atoms with van der Waals surface area (Å²) in [4.78, 5) is 23.0. The average Bonchev–Trinajstić information content (AvgIpc) is 2.62. The highest BCUT2D eigenvalue weighted by molar-refractivity contribution is 5.95. The van der Waals surface area contributed by atoms with Crippen LogP contribution in [0.5, 0.6) is 11.5 Å². The third-order valence-corrected chi connectivity index (χ3v) is 3.61. The lowest BCUT2D eigenvalue weighted by molar-refractivity contribution is 0.0594. The molecule has 0 atom stereocenters. The first-order valence-electron chi connectivity index (χ1n) is 7.98. The summed E-state index contributed by atoms with van der Waals surface area (Å²) < 4.78 is 29.9. The van der Waals surface area contributed by atoms with E-state index in [4.69, 9.17) is 9.47 Å². The number of carboxylic acids is 1. The van der Waals surface area contributed by atoms with Crippen LogP contribution in [0.2, 0.25) is 0 Å². The van der Waals surface area contributed by atoms with Crippen molar-refractivity contribution in [2.45, 2.75) is 13.8 Å². The van der Waals surface area contributed by atoms with Crippen LogP contribution in [-0.4, -0.2) is 37.4 Å². The van der Waals surface area contributed by atoms with Gasteiger partial charge in [0.1, 0.15) is 11.4 Å². The molecule has 138 valence electrons. The van der Waals surface area contributed by atoms with E-state index in [0.717, 1.165) is 0 Å². The van der Waals surface area contributed by atoms with Gasteiger partial charge in [-0.05, 0) is 43.7 Å². The Morgan fingerprint density at radius 1 is 1.00 bits per heavy atom. The van der Waals surface area contributed by atoms with Gasteiger partial charge in [-0.2, -0.15) is 0 Å². The minimum atomic E-state index is -1.16. The molecule has 0 unspecified atom stereocenters. The lowest BCUT2D eigenvalue weighted by atomic mass is 9.99. The summed E-state index contributed by atoms with van der Waals surface area (Å²) in [5, 5.41) is 9.37. The van der Waals surface area contributed by atoms with Crippen LogP contribution in [0.25, 0.3) is 11.1 Å². The highest BCUT2D eigenvalue weighted by Crippen LogP contribution is 2.41. The fraction of sp³-hybridized carbons (Fsp3) is 0.263. The molecule has 0 spiro atoms. The number of carbonyl (C=O) groups is 2. The molecule has 6 nitrogen and oxygen atoms in total. The van der Waals surface area contributed by atoms with Gasteiger partial charge in [0.05, 0.1) is 25.9 Å². The van der Waals surface area contributed by atoms with Crippen molar-refractivity contribution in [3.05, 3.63) is 47.3 Å². The second kappa shape index (κ2) is 8.33. The van der Waals surface area contributed by atoms with Gasteiger partial charge < -0.3 is 19.3 Å². The number of carboxylic acid groups (broad SMARTS) is 1. The van der Waals surface area contributed by atoms with Gasteiger partial charge in [-0.15, -0.1) is 0 Å². The number of hydrogen-bond donors (Lipinski definition) is 1. The van der Waals surface area contributed by atoms with Crippen molar-refractivity contribution in [2.24, 2.45) is 0 Å². The number of ether oxygens (including phenoxy) is 3. The molecule has 0 aliphatic heterocycles. The molecule has 0 fully saturated rings. The fourth-order valence-corrected chi connectivity index (χ4v) is 2.49. The fourth-order valence-electron chi connectivity index (χ4n) is 2.49. The summed E-state index contributed by atoms with van der Waals surface area (Å²) in [6.45, 7) is 3.96. The van der Waals surface area contributed by atoms with Gasteiger partial charge in [-0.25, -0.2) is 14.0 Å². The molecular weight excluding hydrogens is 343 g/mol. The van der Waals surface area contributed by atoms with E-state index in [0.29, 0.717) is 11.1 Å². The highest BCUT2D eigenvalue weighted by atomic mass is 19.1. The van der Waals surface area contributed by atoms with Crippen LogP contribution in [0.1, 0.15) is 34.6 Å². The number of halogens is 1. The van der Waals surface area contributed by atoms with Crippen LogP contribution in [0.15, 0.2) is 30.3 Å². The van der Waals surface area contributed by atoms with Crippen LogP contribution in [-0.2, 0) is 4.74 Å². The molecule has 0 saturated carbocycles. The van der Waals surface area contributed by atoms with Crippen LogP contribution in [0.3, 0.4) is 0 Å². The molecule has 0 saturated heterocycles. The Morgan fingerprint density at radius 3 is 2.15 bits per heavy atom. The number of methoxy groups -OCH3 is 1. The number of esters is 1. The van der Waals surface area contributed by atoms with Gasteiger partial charge in [-0.3, -0.25) is 0 Å². The number of rotatable bonds is 7. The van der Waals surface area contributed by atoms with Gasteiger partial charge >= 0.3 is 11.9 Å². The lowest BCUT2D eigenvalue weighted by Gasteiger charge is -2.17. The first kappa shape index (κ1) is 19.2. The molecule has 2 aromatic carbocycles. The van der Waals surface area contributed by atoms with Crippen molar-refractivity contribution in [3.63, 3.8) is 0 Å². The number of hydrogen-bond acceptors (Lipinski definition) is 5. The SMILES string of the molecule is CCOc1c(C(=O)O)ccc(-c2ccc(C(=O)OC)c(F)c2)c1OCC. The maximum atomic E-state index is 14.3. The minimum Gasteiger partial charge on any atom is -0.489 e. The van der Waals surface area contributed by atoms with E-state index in [2.05, 4.69) is 4.74 Å². The molecular formula is C19H19FO6. The van der Waals surface area contributed by atoms with Crippen LogP contribution < -0.4 is 9.47 Å². The highest BCUT2D eigenvalue weighted by Gasteiger charge is 2.22. The lowest BCUT2D eigenvalue weighted by Crippen LogP contribution is -2.07. The summed E-state index contributed by atoms with van der Waals surface area (Å²) in [6.07, 6.45) is 0. The molecule has 26 heavy (non-hydrogen) atoms. The first-order valence-corrected chi connectivity index (χ1v) is 7.98. The monoisotopic (exact) mass is 362 g/mol. The van der Waals surface area contributed by atoms with E-state index in [-0.39, 0.29) is 35.8 Å². The van der Waals surface area contributed by atoms with Crippen LogP contribution in [0, 0.1) is 5.82 Å². The molecule has 0 aromatic heterocycles. The molecule has 1 N–H and O–H groups in total. The third-order valence-electron chi connectivity index (χ3n) is 3.61. The van der Waals surface area contributed by atoms with Gasteiger partial charge in [-0.1, -0.05) is 6.07 Å². The first-order chi connectivity index (χ1) is 12.4. The predicted molar refractivity (Wildman–Crippen MR) is 92.5 cm³/mol. The minimum absolute atomic E-state index is 0.0503. The van der Waals surface area contributed by atoms with Crippen LogP contribution in [0.4, 0.5) is 4.39 Å². The second-order valence-electron chi connectivity index (χ2n) is 5.18. The summed E-state index contributed by atoms with van der Waals surface area (Å²) in [5.74, 6) is -2.41. The van der Waals surface area contributed by atoms with Gasteiger partial charge in [0.15, 0.2) is 11.5 Å². The quantitative estimate of drug-likeness (QED) is 0.755. The standard InChI is InChI=1S/C19H19FO6/c1-4-25-16-12(8-9-14(18(21)22)17(16)26-5-2)11-6-7-13(15(20)10-11)19(23)24-3/h6-10H,4-5H2,1-3H3,(H,21,22). The summed E-state index contributed by atoms with van der Waals surface area (Å²) in [5.41, 5.74) is 0.624. The van der Waals surface area contributed by atoms with Crippen molar-refractivity contribution < 1.29 is 33.3 Å². The smallest absolute Gasteiger partial charge is 0.340 e. The third kappa shape index (κ3) is 3.77. The number of benzene rings is 2. The zero-order chi connectivity index (χ0) is 19.3. The van der Waals surface area contributed by atoms with E-state index in [1.54, 1.807) is 13.8 Å². The molecule has 2 aromatic rings. The zero-order valence-electron chi connectivity index (χ0n) is 14.7. The molecule has 0 heterocycles. The van der Waals surface area contributed by atoms with Crippen molar-refractivity contribution in [1.82, 2.24) is 0 Å². The Balaban J connectivity index is 2.65. The van der Waals surface area contributed by atoms with Crippen molar-refractivity contribution >= 4 is 11.9 Å². The second-order valence-corrected chi connectivity index (χ2v) is 5.18. The molecule has 0 amide bonds. The number of carbonyl (C=O) groups excluding carboxylic acids is 1. The van der Waals surface area contributed by atoms with Gasteiger partial charge in [0.25, 0.3) is 0 Å².